The fraction of sp³-hybridized carbons (Fsp3) is 0.0833. The minimum Gasteiger partial charge on any atom is -0.366 e. The van der Waals surface area contributed by atoms with Crippen molar-refractivity contribution in [3.63, 3.8) is 0 Å². The van der Waals surface area contributed by atoms with Gasteiger partial charge in [-0.1, -0.05) is 41.9 Å². The smallest absolute Gasteiger partial charge is 0.276 e. The lowest BCUT2D eigenvalue weighted by Crippen LogP contribution is -2.02. The summed E-state index contributed by atoms with van der Waals surface area (Å²) in [4.78, 5) is 14.2. The number of benzene rings is 1. The Balaban J connectivity index is 2.12. The first-order chi connectivity index (χ1) is 8.65. The van der Waals surface area contributed by atoms with Crippen molar-refractivity contribution in [2.75, 3.05) is 5.32 Å². The summed E-state index contributed by atoms with van der Waals surface area (Å²) in [6.07, 6.45) is 0. The predicted molar refractivity (Wildman–Crippen MR) is 69.7 cm³/mol. The molecule has 92 valence electrons. The van der Waals surface area contributed by atoms with E-state index < -0.39 is 4.92 Å². The molecule has 1 aromatic heterocycles. The Morgan fingerprint density at radius 2 is 2.00 bits per heavy atom. The molecule has 1 aromatic carbocycles. The van der Waals surface area contributed by atoms with Crippen LogP contribution in [0.1, 0.15) is 5.56 Å². The molecule has 0 fully saturated rings. The van der Waals surface area contributed by atoms with Crippen LogP contribution in [0.4, 0.5) is 11.5 Å². The summed E-state index contributed by atoms with van der Waals surface area (Å²) in [6, 6.07) is 12.2. The molecule has 0 saturated carbocycles. The fourth-order valence-corrected chi connectivity index (χ4v) is 1.67. The highest BCUT2D eigenvalue weighted by Gasteiger charge is 2.09. The molecule has 0 aliphatic heterocycles. The highest BCUT2D eigenvalue weighted by atomic mass is 35.5. The lowest BCUT2D eigenvalue weighted by molar-refractivity contribution is -0.384. The van der Waals surface area contributed by atoms with E-state index in [-0.39, 0.29) is 10.8 Å². The van der Waals surface area contributed by atoms with Crippen LogP contribution < -0.4 is 5.32 Å². The van der Waals surface area contributed by atoms with Gasteiger partial charge in [0.15, 0.2) is 0 Å². The Bertz CT molecular complexity index is 561. The molecule has 0 amide bonds. The number of aromatic nitrogens is 1. The van der Waals surface area contributed by atoms with Crippen molar-refractivity contribution in [1.29, 1.82) is 0 Å². The van der Waals surface area contributed by atoms with Gasteiger partial charge in [0.2, 0.25) is 0 Å². The minimum atomic E-state index is -0.499. The zero-order valence-corrected chi connectivity index (χ0v) is 10.1. The van der Waals surface area contributed by atoms with E-state index in [9.17, 15) is 10.1 Å². The molecule has 2 rings (SSSR count). The lowest BCUT2D eigenvalue weighted by atomic mass is 10.2. The fourth-order valence-electron chi connectivity index (χ4n) is 1.47. The van der Waals surface area contributed by atoms with Crippen molar-refractivity contribution in [2.24, 2.45) is 0 Å². The van der Waals surface area contributed by atoms with Gasteiger partial charge in [0.1, 0.15) is 11.0 Å². The van der Waals surface area contributed by atoms with Crippen LogP contribution in [0.5, 0.6) is 0 Å². The number of nitrogens with one attached hydrogen (secondary N) is 1. The Morgan fingerprint density at radius 1 is 1.28 bits per heavy atom. The molecule has 0 atom stereocenters. The Kier molecular flexibility index (Phi) is 3.74. The third kappa shape index (κ3) is 3.18. The van der Waals surface area contributed by atoms with E-state index in [0.717, 1.165) is 5.56 Å². The van der Waals surface area contributed by atoms with Gasteiger partial charge in [-0.2, -0.15) is 0 Å². The van der Waals surface area contributed by atoms with Crippen molar-refractivity contribution in [3.8, 4) is 0 Å². The topological polar surface area (TPSA) is 68.1 Å². The molecule has 0 saturated heterocycles. The minimum absolute atomic E-state index is 0.0782. The van der Waals surface area contributed by atoms with Gasteiger partial charge < -0.3 is 5.32 Å². The highest BCUT2D eigenvalue weighted by molar-refractivity contribution is 6.29. The van der Waals surface area contributed by atoms with Gasteiger partial charge in [-0.05, 0) is 5.56 Å². The van der Waals surface area contributed by atoms with E-state index >= 15 is 0 Å². The molecule has 0 spiro atoms. The van der Waals surface area contributed by atoms with Gasteiger partial charge in [-0.3, -0.25) is 10.1 Å². The van der Waals surface area contributed by atoms with Gasteiger partial charge >= 0.3 is 0 Å². The van der Waals surface area contributed by atoms with Crippen molar-refractivity contribution < 1.29 is 4.92 Å². The van der Waals surface area contributed by atoms with E-state index in [2.05, 4.69) is 10.3 Å². The maximum atomic E-state index is 10.7. The summed E-state index contributed by atoms with van der Waals surface area (Å²) in [5, 5.41) is 13.8. The Labute approximate surface area is 109 Å². The van der Waals surface area contributed by atoms with Gasteiger partial charge in [0.05, 0.1) is 17.1 Å². The van der Waals surface area contributed by atoms with Crippen LogP contribution in [0.3, 0.4) is 0 Å². The van der Waals surface area contributed by atoms with Crippen LogP contribution in [-0.4, -0.2) is 9.91 Å². The summed E-state index contributed by atoms with van der Waals surface area (Å²) in [5.74, 6) is 0.387. The van der Waals surface area contributed by atoms with E-state index in [4.69, 9.17) is 11.6 Å². The number of anilines is 1. The second-order valence-electron chi connectivity index (χ2n) is 3.63. The van der Waals surface area contributed by atoms with Crippen LogP contribution in [0.15, 0.2) is 42.5 Å². The number of hydrogen-bond acceptors (Lipinski definition) is 4. The number of halogens is 1. The lowest BCUT2D eigenvalue weighted by Gasteiger charge is -2.05. The molecular weight excluding hydrogens is 254 g/mol. The summed E-state index contributed by atoms with van der Waals surface area (Å²) < 4.78 is 0. The molecule has 6 heteroatoms. The number of nitro groups is 1. The first-order valence-electron chi connectivity index (χ1n) is 5.25. The van der Waals surface area contributed by atoms with Crippen LogP contribution in [-0.2, 0) is 6.54 Å². The first-order valence-corrected chi connectivity index (χ1v) is 5.63. The highest BCUT2D eigenvalue weighted by Crippen LogP contribution is 2.20. The number of pyridine rings is 1. The van der Waals surface area contributed by atoms with Crippen molar-refractivity contribution >= 4 is 23.1 Å². The maximum absolute atomic E-state index is 10.7. The molecule has 0 radical (unpaired) electrons. The van der Waals surface area contributed by atoms with Crippen molar-refractivity contribution in [1.82, 2.24) is 4.98 Å². The van der Waals surface area contributed by atoms with Gasteiger partial charge in [0.25, 0.3) is 5.69 Å². The number of hydrogen-bond donors (Lipinski definition) is 1. The third-order valence-electron chi connectivity index (χ3n) is 2.31. The largest absolute Gasteiger partial charge is 0.366 e. The van der Waals surface area contributed by atoms with Crippen molar-refractivity contribution in [3.05, 3.63) is 63.3 Å². The molecule has 1 heterocycles. The second kappa shape index (κ2) is 5.46. The second-order valence-corrected chi connectivity index (χ2v) is 4.02. The standard InChI is InChI=1S/C12H10ClN3O2/c13-11-6-10(16(17)18)7-12(15-11)14-8-9-4-2-1-3-5-9/h1-7H,8H2,(H,14,15). The van der Waals surface area contributed by atoms with Crippen LogP contribution in [0.25, 0.3) is 0 Å². The monoisotopic (exact) mass is 263 g/mol. The van der Waals surface area contributed by atoms with Gasteiger partial charge in [0, 0.05) is 6.54 Å². The molecule has 0 unspecified atom stereocenters. The van der Waals surface area contributed by atoms with Crippen LogP contribution in [0, 0.1) is 10.1 Å². The molecule has 0 aliphatic carbocycles. The van der Waals surface area contributed by atoms with E-state index in [1.807, 2.05) is 30.3 Å². The van der Waals surface area contributed by atoms with E-state index in [0.29, 0.717) is 12.4 Å². The van der Waals surface area contributed by atoms with Crippen LogP contribution >= 0.6 is 11.6 Å². The van der Waals surface area contributed by atoms with E-state index in [1.54, 1.807) is 0 Å². The van der Waals surface area contributed by atoms with Crippen molar-refractivity contribution in [2.45, 2.75) is 6.54 Å². The van der Waals surface area contributed by atoms with Gasteiger partial charge in [-0.25, -0.2) is 4.98 Å². The molecule has 0 aliphatic rings. The third-order valence-corrected chi connectivity index (χ3v) is 2.50. The Morgan fingerprint density at radius 3 is 2.67 bits per heavy atom. The quantitative estimate of drug-likeness (QED) is 0.522. The van der Waals surface area contributed by atoms with Crippen LogP contribution in [0.2, 0.25) is 5.15 Å². The average Bonchev–Trinajstić information content (AvgIpc) is 2.37. The normalized spacial score (nSPS) is 10.1. The molecule has 2 aromatic rings. The zero-order chi connectivity index (χ0) is 13.0. The van der Waals surface area contributed by atoms with Gasteiger partial charge in [-0.15, -0.1) is 0 Å². The SMILES string of the molecule is O=[N+]([O-])c1cc(Cl)nc(NCc2ccccc2)c1. The predicted octanol–water partition coefficient (Wildman–Crippen LogP) is 3.26. The number of rotatable bonds is 4. The maximum Gasteiger partial charge on any atom is 0.276 e. The van der Waals surface area contributed by atoms with E-state index in [1.165, 1.54) is 12.1 Å². The average molecular weight is 264 g/mol. The molecular formula is C12H10ClN3O2. The Hall–Kier alpha value is -2.14. The molecule has 1 N–H and O–H groups in total. The number of nitrogens with zero attached hydrogens (tertiary/aromatic N) is 2. The summed E-state index contributed by atoms with van der Waals surface area (Å²) >= 11 is 5.72. The molecule has 5 nitrogen and oxygen atoms in total. The summed E-state index contributed by atoms with van der Waals surface area (Å²) in [7, 11) is 0. The summed E-state index contributed by atoms with van der Waals surface area (Å²) in [5.41, 5.74) is 0.979. The zero-order valence-electron chi connectivity index (χ0n) is 9.34. The summed E-state index contributed by atoms with van der Waals surface area (Å²) in [6.45, 7) is 0.533. The molecule has 0 bridgehead atoms. The molecule has 18 heavy (non-hydrogen) atoms. The first kappa shape index (κ1) is 12.3.